The molecule has 0 aliphatic heterocycles. The summed E-state index contributed by atoms with van der Waals surface area (Å²) >= 11 is 9.38. The van der Waals surface area contributed by atoms with Crippen molar-refractivity contribution in [3.05, 3.63) is 364 Å². The van der Waals surface area contributed by atoms with Crippen LogP contribution in [0.25, 0.3) is 272 Å². The molecule has 12 aromatic heterocycles. The maximum Gasteiger partial charge on any atom is 0.238 e. The number of nitrogens with one attached hydrogen (secondary N) is 3. The van der Waals surface area contributed by atoms with Crippen LogP contribution in [0.15, 0.2) is 364 Å². The zero-order valence-corrected chi connectivity index (χ0v) is 70.4. The van der Waals surface area contributed by atoms with E-state index in [1.807, 2.05) is 117 Å². The van der Waals surface area contributed by atoms with E-state index in [9.17, 15) is 0 Å². The van der Waals surface area contributed by atoms with Crippen molar-refractivity contribution in [2.45, 2.75) is 0 Å². The van der Waals surface area contributed by atoms with Crippen LogP contribution in [0.2, 0.25) is 0 Å². The number of rotatable bonds is 5. The number of benzene rings is 18. The summed E-state index contributed by atoms with van der Waals surface area (Å²) < 4.78 is 20.3. The molecule has 18 aromatic carbocycles. The highest BCUT2D eigenvalue weighted by atomic mass is 32.1. The molecule has 0 saturated carbocycles. The summed E-state index contributed by atoms with van der Waals surface area (Å²) in [5.41, 5.74) is 18.7. The van der Waals surface area contributed by atoms with Crippen LogP contribution in [-0.2, 0) is 0 Å². The fraction of sp³-hybridized carbons (Fsp3) is 0. The number of para-hydroxylation sites is 6. The Morgan fingerprint density at radius 3 is 0.952 bits per heavy atom. The van der Waals surface area contributed by atoms with E-state index in [1.165, 1.54) is 232 Å². The number of thiophene rings is 5. The molecule has 30 rings (SSSR count). The molecule has 0 amide bonds. The number of aromatic amines is 3. The quantitative estimate of drug-likeness (QED) is 0.160. The van der Waals surface area contributed by atoms with Crippen LogP contribution in [-0.4, -0.2) is 43.6 Å². The van der Waals surface area contributed by atoms with Crippen LogP contribution in [0.5, 0.6) is 0 Å². The first-order valence-corrected chi connectivity index (χ1v) is 46.1. The minimum absolute atomic E-state index is 0.604. The van der Waals surface area contributed by atoms with Crippen LogP contribution >= 0.6 is 56.7 Å². The predicted molar refractivity (Wildman–Crippen MR) is 539 cm³/mol. The molecule has 0 aliphatic rings. The molecule has 0 aliphatic carbocycles. The van der Waals surface area contributed by atoms with Gasteiger partial charge in [-0.15, -0.1) is 56.7 Å². The van der Waals surface area contributed by atoms with Gasteiger partial charge in [0, 0.05) is 190 Å². The third-order valence-corrected chi connectivity index (χ3v) is 31.7. The summed E-state index contributed by atoms with van der Waals surface area (Å²) in [7, 11) is 0. The van der Waals surface area contributed by atoms with E-state index in [0.717, 1.165) is 22.2 Å². The van der Waals surface area contributed by atoms with E-state index in [0.29, 0.717) is 17.6 Å². The highest BCUT2D eigenvalue weighted by Gasteiger charge is 2.25. The van der Waals surface area contributed by atoms with Gasteiger partial charge in [-0.2, -0.15) is 9.97 Å². The van der Waals surface area contributed by atoms with Crippen LogP contribution in [0.1, 0.15) is 0 Å². The Labute approximate surface area is 730 Å². The monoisotopic (exact) mass is 1680 g/mol. The van der Waals surface area contributed by atoms with Crippen LogP contribution in [0, 0.1) is 0 Å². The zero-order valence-electron chi connectivity index (χ0n) is 66.4. The Balaban J connectivity index is 0.0000000958. The van der Waals surface area contributed by atoms with Gasteiger partial charge in [0.25, 0.3) is 0 Å². The van der Waals surface area contributed by atoms with Gasteiger partial charge in [-0.05, 0) is 115 Å². The molecule has 582 valence electrons. The van der Waals surface area contributed by atoms with Gasteiger partial charge in [-0.1, -0.05) is 249 Å². The van der Waals surface area contributed by atoms with Gasteiger partial charge in [0.15, 0.2) is 11.6 Å². The first-order valence-electron chi connectivity index (χ1n) is 42.0. The van der Waals surface area contributed by atoms with E-state index >= 15 is 0 Å². The maximum atomic E-state index is 5.10. The van der Waals surface area contributed by atoms with Gasteiger partial charge < -0.3 is 24.1 Å². The van der Waals surface area contributed by atoms with Crippen molar-refractivity contribution in [1.29, 1.82) is 0 Å². The number of nitrogens with zero attached hydrogens (tertiary/aromatic N) is 6. The lowest BCUT2D eigenvalue weighted by molar-refractivity contribution is 0.954. The highest BCUT2D eigenvalue weighted by Crippen LogP contribution is 2.50. The van der Waals surface area contributed by atoms with Crippen molar-refractivity contribution >= 4 is 288 Å². The number of aromatic nitrogens is 9. The molecule has 30 aromatic rings. The fourth-order valence-electron chi connectivity index (χ4n) is 20.2. The average Bonchev–Trinajstić information content (AvgIpc) is 1.56. The van der Waals surface area contributed by atoms with E-state index in [-0.39, 0.29) is 0 Å². The normalized spacial score (nSPS) is 12.3. The van der Waals surface area contributed by atoms with Gasteiger partial charge >= 0.3 is 0 Å². The van der Waals surface area contributed by atoms with Gasteiger partial charge in [0.2, 0.25) is 5.95 Å². The standard InChI is InChI=1S/C39H23N5S.2C36H20N2S2/c1-3-11-23(12-4-1)37-41-38(24-13-5-2-6-14-24)43-39(42-37)44-32-18-10-8-16-26(32)29-21-30-28-20-19-27-25-15-7-9-17-31(25)40-35(27)36(28)45-34(30)22-33(29)44;1-4-10-29-21(7-1)24-14-15-25-28-18-26-22-8-2-5-11-30(22)38(31(26)19-34(28)40-36(25)35(24)37-29)20-13-16-33-27(17-20)23-9-3-6-12-32(23)39-33;1-4-10-29-21(7-1)25-15-16-26-28-18-27-22-8-2-5-11-30(22)38(31(27)19-34(28)40-36(26)35(25)37-29)20-13-14-24-23-9-3-6-12-32(23)39-33(24)17-20/h1-22,40H;2*1-19,37H. The first kappa shape index (κ1) is 69.5. The second-order valence-corrected chi connectivity index (χ2v) is 38.0. The van der Waals surface area contributed by atoms with E-state index in [2.05, 4.69) is 332 Å². The Morgan fingerprint density at radius 2 is 0.496 bits per heavy atom. The topological polar surface area (TPSA) is 101 Å². The Morgan fingerprint density at radius 1 is 0.184 bits per heavy atom. The molecule has 3 N–H and O–H groups in total. The maximum absolute atomic E-state index is 5.10. The second-order valence-electron chi connectivity index (χ2n) is 32.6. The lowest BCUT2D eigenvalue weighted by Crippen LogP contribution is -2.06. The smallest absolute Gasteiger partial charge is 0.238 e. The SMILES string of the molecule is c1ccc(-c2nc(-c3ccccc3)nc(-n3c4ccccc4c4cc5c(cc43)sc3c5ccc4c5ccccc5[nH]c43)n2)cc1.c1ccc2c(c1)[nH]c1c2ccc2c3cc4c5ccccc5n(-c5ccc6c(c5)sc5ccccc56)c4cc3sc21.c1ccc2c(c1)[nH]c1c2ccc2c3cc4c5ccccc5n(-c5ccc6sc7ccccc7c6c5)c4cc3sc21. The molecule has 9 nitrogen and oxygen atoms in total. The summed E-state index contributed by atoms with van der Waals surface area (Å²) in [5.74, 6) is 1.90. The van der Waals surface area contributed by atoms with E-state index in [1.54, 1.807) is 0 Å². The van der Waals surface area contributed by atoms with Crippen LogP contribution in [0.4, 0.5) is 0 Å². The van der Waals surface area contributed by atoms with Crippen molar-refractivity contribution in [2.75, 3.05) is 0 Å². The minimum atomic E-state index is 0.604. The van der Waals surface area contributed by atoms with Crippen LogP contribution < -0.4 is 0 Å². The number of hydrogen-bond acceptors (Lipinski definition) is 8. The fourth-order valence-corrected chi connectivity index (χ4v) is 26.1. The lowest BCUT2D eigenvalue weighted by Gasteiger charge is -2.10. The Hall–Kier alpha value is -15.1. The first-order chi connectivity index (χ1) is 61.9. The van der Waals surface area contributed by atoms with Crippen molar-refractivity contribution in [3.63, 3.8) is 0 Å². The summed E-state index contributed by atoms with van der Waals surface area (Å²) in [5, 5.41) is 28.4. The van der Waals surface area contributed by atoms with Crippen molar-refractivity contribution in [1.82, 2.24) is 43.6 Å². The van der Waals surface area contributed by atoms with E-state index in [4.69, 9.17) is 15.0 Å². The summed E-state index contributed by atoms with van der Waals surface area (Å²) in [6, 6.07) is 132. The minimum Gasteiger partial charge on any atom is -0.353 e. The Bertz CT molecular complexity index is 9800. The van der Waals surface area contributed by atoms with Crippen LogP contribution in [0.3, 0.4) is 0 Å². The van der Waals surface area contributed by atoms with Gasteiger partial charge in [0.05, 0.1) is 63.8 Å². The summed E-state index contributed by atoms with van der Waals surface area (Å²) in [6.45, 7) is 0. The number of hydrogen-bond donors (Lipinski definition) is 3. The molecule has 0 spiro atoms. The van der Waals surface area contributed by atoms with Crippen molar-refractivity contribution in [2.24, 2.45) is 0 Å². The molecule has 0 radical (unpaired) electrons. The molecule has 12 heterocycles. The summed E-state index contributed by atoms with van der Waals surface area (Å²) in [6.07, 6.45) is 0. The zero-order chi connectivity index (χ0) is 81.4. The molecule has 125 heavy (non-hydrogen) atoms. The largest absolute Gasteiger partial charge is 0.353 e. The van der Waals surface area contributed by atoms with Crippen molar-refractivity contribution in [3.8, 4) is 40.1 Å². The molecule has 0 bridgehead atoms. The molecule has 14 heteroatoms. The van der Waals surface area contributed by atoms with Crippen molar-refractivity contribution < 1.29 is 0 Å². The Kier molecular flexibility index (Phi) is 14.8. The molecular weight excluding hydrogens is 1620 g/mol. The molecule has 0 fully saturated rings. The molecule has 0 atom stereocenters. The molecule has 0 saturated heterocycles. The average molecular weight is 1680 g/mol. The second kappa shape index (κ2) is 26.7. The highest BCUT2D eigenvalue weighted by molar-refractivity contribution is 7.28. The molecular formula is C111H63N9S5. The number of H-pyrrole nitrogens is 3. The number of fused-ring (bicyclic) bond motifs is 36. The third kappa shape index (κ3) is 10.4. The predicted octanol–water partition coefficient (Wildman–Crippen LogP) is 32.6. The lowest BCUT2D eigenvalue weighted by atomic mass is 10.1. The van der Waals surface area contributed by atoms with Gasteiger partial charge in [-0.25, -0.2) is 4.98 Å². The van der Waals surface area contributed by atoms with Gasteiger partial charge in [-0.3, -0.25) is 4.57 Å². The third-order valence-electron chi connectivity index (χ3n) is 25.9. The molecule has 0 unspecified atom stereocenters. The summed E-state index contributed by atoms with van der Waals surface area (Å²) in [4.78, 5) is 26.3. The van der Waals surface area contributed by atoms with E-state index < -0.39 is 0 Å². The van der Waals surface area contributed by atoms with Gasteiger partial charge in [0.1, 0.15) is 0 Å².